The molecular formula is C20H16ClIN2O4. The highest BCUT2D eigenvalue weighted by Crippen LogP contribution is 2.35. The zero-order valence-corrected chi connectivity index (χ0v) is 18.0. The van der Waals surface area contributed by atoms with E-state index in [-0.39, 0.29) is 5.57 Å². The first kappa shape index (κ1) is 21.7. The summed E-state index contributed by atoms with van der Waals surface area (Å²) >= 11 is 7.82. The third-order valence-corrected chi connectivity index (χ3v) is 4.41. The molecule has 2 aromatic rings. The van der Waals surface area contributed by atoms with E-state index in [0.717, 1.165) is 0 Å². The van der Waals surface area contributed by atoms with Gasteiger partial charge in [0.15, 0.2) is 11.5 Å². The molecule has 0 spiro atoms. The number of halogens is 2. The fourth-order valence-corrected chi connectivity index (χ4v) is 3.09. The maximum atomic E-state index is 12.4. The van der Waals surface area contributed by atoms with Gasteiger partial charge in [-0.2, -0.15) is 5.26 Å². The second-order valence-electron chi connectivity index (χ2n) is 5.49. The molecule has 6 nitrogen and oxygen atoms in total. The second-order valence-corrected chi connectivity index (χ2v) is 7.09. The van der Waals surface area contributed by atoms with E-state index in [1.165, 1.54) is 13.0 Å². The van der Waals surface area contributed by atoms with E-state index in [1.807, 2.05) is 28.7 Å². The Labute approximate surface area is 181 Å². The van der Waals surface area contributed by atoms with Crippen LogP contribution in [0.15, 0.2) is 42.0 Å². The Morgan fingerprint density at radius 3 is 2.54 bits per heavy atom. The van der Waals surface area contributed by atoms with Gasteiger partial charge >= 0.3 is 5.97 Å². The first-order valence-corrected chi connectivity index (χ1v) is 9.63. The summed E-state index contributed by atoms with van der Waals surface area (Å²) in [4.78, 5) is 23.7. The van der Waals surface area contributed by atoms with E-state index in [0.29, 0.717) is 37.9 Å². The molecule has 0 aliphatic carbocycles. The van der Waals surface area contributed by atoms with Gasteiger partial charge in [-0.3, -0.25) is 9.59 Å². The lowest BCUT2D eigenvalue weighted by Crippen LogP contribution is -2.13. The van der Waals surface area contributed by atoms with Crippen LogP contribution in [0.25, 0.3) is 6.08 Å². The Bertz CT molecular complexity index is 965. The smallest absolute Gasteiger partial charge is 0.308 e. The molecule has 2 rings (SSSR count). The minimum Gasteiger partial charge on any atom is -0.490 e. The van der Waals surface area contributed by atoms with Crippen LogP contribution in [0, 0.1) is 14.9 Å². The van der Waals surface area contributed by atoms with E-state index in [2.05, 4.69) is 5.32 Å². The van der Waals surface area contributed by atoms with Crippen LogP contribution in [0.5, 0.6) is 11.5 Å². The Kier molecular flexibility index (Phi) is 7.84. The van der Waals surface area contributed by atoms with Crippen LogP contribution in [0.1, 0.15) is 19.4 Å². The van der Waals surface area contributed by atoms with Crippen molar-refractivity contribution in [2.45, 2.75) is 13.8 Å². The Hall–Kier alpha value is -2.57. The average molecular weight is 511 g/mol. The molecule has 0 atom stereocenters. The number of carbonyl (C=O) groups excluding carboxylic acids is 2. The number of nitrogens with one attached hydrogen (secondary N) is 1. The van der Waals surface area contributed by atoms with Crippen molar-refractivity contribution >= 4 is 57.8 Å². The topological polar surface area (TPSA) is 88.4 Å². The van der Waals surface area contributed by atoms with E-state index in [1.54, 1.807) is 43.3 Å². The van der Waals surface area contributed by atoms with Crippen molar-refractivity contribution < 1.29 is 19.1 Å². The van der Waals surface area contributed by atoms with Crippen molar-refractivity contribution in [1.29, 1.82) is 5.26 Å². The number of nitrogens with zero attached hydrogens (tertiary/aromatic N) is 1. The van der Waals surface area contributed by atoms with Crippen molar-refractivity contribution in [2.75, 3.05) is 11.9 Å². The SMILES string of the molecule is CCOc1cc(/C=C(/C#N)C(=O)Nc2ccc(Cl)cc2)cc(I)c1OC(C)=O. The van der Waals surface area contributed by atoms with Crippen molar-refractivity contribution in [1.82, 2.24) is 0 Å². The lowest BCUT2D eigenvalue weighted by molar-refractivity contribution is -0.132. The predicted molar refractivity (Wildman–Crippen MR) is 115 cm³/mol. The summed E-state index contributed by atoms with van der Waals surface area (Å²) in [5.74, 6) is -0.369. The molecule has 28 heavy (non-hydrogen) atoms. The second kappa shape index (κ2) is 10.1. The largest absolute Gasteiger partial charge is 0.490 e. The molecule has 0 aromatic heterocycles. The minimum absolute atomic E-state index is 0.0894. The third-order valence-electron chi connectivity index (χ3n) is 3.36. The van der Waals surface area contributed by atoms with Crippen LogP contribution >= 0.6 is 34.2 Å². The fraction of sp³-hybridized carbons (Fsp3) is 0.150. The molecule has 1 N–H and O–H groups in total. The van der Waals surface area contributed by atoms with Gasteiger partial charge in [-0.15, -0.1) is 0 Å². The maximum Gasteiger partial charge on any atom is 0.308 e. The summed E-state index contributed by atoms with van der Waals surface area (Å²) in [6.45, 7) is 3.46. The van der Waals surface area contributed by atoms with Crippen LogP contribution < -0.4 is 14.8 Å². The average Bonchev–Trinajstić information content (AvgIpc) is 2.64. The number of benzene rings is 2. The molecule has 0 radical (unpaired) electrons. The van der Waals surface area contributed by atoms with Crippen molar-refractivity contribution in [3.8, 4) is 17.6 Å². The summed E-state index contributed by atoms with van der Waals surface area (Å²) in [6.07, 6.45) is 1.44. The van der Waals surface area contributed by atoms with Gasteiger partial charge in [-0.1, -0.05) is 11.6 Å². The van der Waals surface area contributed by atoms with Crippen molar-refractivity contribution in [2.24, 2.45) is 0 Å². The maximum absolute atomic E-state index is 12.4. The van der Waals surface area contributed by atoms with Crippen LogP contribution in [0.4, 0.5) is 5.69 Å². The molecule has 2 aromatic carbocycles. The highest BCUT2D eigenvalue weighted by molar-refractivity contribution is 14.1. The van der Waals surface area contributed by atoms with Crippen LogP contribution in [0.3, 0.4) is 0 Å². The van der Waals surface area contributed by atoms with Gasteiger partial charge in [0, 0.05) is 17.6 Å². The Balaban J connectivity index is 2.34. The first-order valence-electron chi connectivity index (χ1n) is 8.17. The Morgan fingerprint density at radius 2 is 1.96 bits per heavy atom. The number of hydrogen-bond acceptors (Lipinski definition) is 5. The number of rotatable bonds is 6. The summed E-state index contributed by atoms with van der Waals surface area (Å²) in [6, 6.07) is 11.7. The summed E-state index contributed by atoms with van der Waals surface area (Å²) < 4.78 is 11.4. The first-order chi connectivity index (χ1) is 13.3. The molecule has 0 bridgehead atoms. The van der Waals surface area contributed by atoms with Gasteiger partial charge in [0.2, 0.25) is 0 Å². The predicted octanol–water partition coefficient (Wildman–Crippen LogP) is 4.81. The van der Waals surface area contributed by atoms with Crippen LogP contribution in [-0.2, 0) is 9.59 Å². The van der Waals surface area contributed by atoms with Gasteiger partial charge in [0.1, 0.15) is 11.6 Å². The number of amides is 1. The van der Waals surface area contributed by atoms with Gasteiger partial charge < -0.3 is 14.8 Å². The highest BCUT2D eigenvalue weighted by Gasteiger charge is 2.15. The lowest BCUT2D eigenvalue weighted by atomic mass is 10.1. The van der Waals surface area contributed by atoms with Gasteiger partial charge in [-0.25, -0.2) is 0 Å². The number of hydrogen-bond donors (Lipinski definition) is 1. The molecule has 0 unspecified atom stereocenters. The minimum atomic E-state index is -0.554. The highest BCUT2D eigenvalue weighted by atomic mass is 127. The zero-order valence-electron chi connectivity index (χ0n) is 15.1. The summed E-state index contributed by atoms with van der Waals surface area (Å²) in [7, 11) is 0. The molecule has 0 saturated carbocycles. The van der Waals surface area contributed by atoms with Crippen LogP contribution in [0.2, 0.25) is 5.02 Å². The monoisotopic (exact) mass is 510 g/mol. The third kappa shape index (κ3) is 5.97. The quantitative estimate of drug-likeness (QED) is 0.198. The van der Waals surface area contributed by atoms with E-state index >= 15 is 0 Å². The normalized spacial score (nSPS) is 10.8. The molecular weight excluding hydrogens is 495 g/mol. The van der Waals surface area contributed by atoms with Crippen molar-refractivity contribution in [3.63, 3.8) is 0 Å². The molecule has 0 fully saturated rings. The lowest BCUT2D eigenvalue weighted by Gasteiger charge is -2.13. The molecule has 0 aliphatic rings. The van der Waals surface area contributed by atoms with E-state index in [9.17, 15) is 14.9 Å². The Morgan fingerprint density at radius 1 is 1.29 bits per heavy atom. The molecule has 8 heteroatoms. The van der Waals surface area contributed by atoms with Gasteiger partial charge in [-0.05, 0) is 77.6 Å². The molecule has 0 saturated heterocycles. The molecule has 0 aliphatic heterocycles. The number of esters is 1. The fourth-order valence-electron chi connectivity index (χ4n) is 2.22. The van der Waals surface area contributed by atoms with Crippen LogP contribution in [-0.4, -0.2) is 18.5 Å². The standard InChI is InChI=1S/C20H16ClIN2O4/c1-3-27-18-10-13(9-17(22)19(18)28-12(2)25)8-14(11-23)20(26)24-16-6-4-15(21)5-7-16/h4-10H,3H2,1-2H3,(H,24,26)/b14-8-. The van der Waals surface area contributed by atoms with E-state index < -0.39 is 11.9 Å². The number of carbonyl (C=O) groups is 2. The zero-order chi connectivity index (χ0) is 20.7. The number of nitriles is 1. The van der Waals surface area contributed by atoms with Gasteiger partial charge in [0.05, 0.1) is 10.2 Å². The van der Waals surface area contributed by atoms with Crippen molar-refractivity contribution in [3.05, 3.63) is 56.1 Å². The molecule has 1 amide bonds. The number of ether oxygens (including phenoxy) is 2. The molecule has 144 valence electrons. The van der Waals surface area contributed by atoms with Gasteiger partial charge in [0.25, 0.3) is 5.91 Å². The summed E-state index contributed by atoms with van der Waals surface area (Å²) in [5, 5.41) is 12.6. The molecule has 0 heterocycles. The number of anilines is 1. The van der Waals surface area contributed by atoms with E-state index in [4.69, 9.17) is 21.1 Å². The summed E-state index contributed by atoms with van der Waals surface area (Å²) in [5.41, 5.74) is 0.991.